The molecular weight excluding hydrogens is 114 g/mol. The standard InChI is InChI=1S/C4H8ClNO/c1-4(2-5)3-6-7/h4H,2-3H2,1H3/t4-/m1/s1. The molecule has 0 aromatic carbocycles. The third-order valence-electron chi connectivity index (χ3n) is 0.650. The molecule has 0 N–H and O–H groups in total. The Hall–Kier alpha value is -0.110. The molecule has 0 radical (unpaired) electrons. The van der Waals surface area contributed by atoms with Crippen molar-refractivity contribution < 1.29 is 0 Å². The van der Waals surface area contributed by atoms with Crippen LogP contribution in [0, 0.1) is 10.8 Å². The first-order valence-corrected chi connectivity index (χ1v) is 2.69. The van der Waals surface area contributed by atoms with Crippen LogP contribution in [0.25, 0.3) is 0 Å². The highest BCUT2D eigenvalue weighted by molar-refractivity contribution is 6.18. The summed E-state index contributed by atoms with van der Waals surface area (Å²) in [6, 6.07) is 0. The first-order chi connectivity index (χ1) is 3.31. The summed E-state index contributed by atoms with van der Waals surface area (Å²) in [4.78, 5) is 9.47. The Balaban J connectivity index is 2.98. The summed E-state index contributed by atoms with van der Waals surface area (Å²) in [5, 5.41) is 2.67. The highest BCUT2D eigenvalue weighted by Gasteiger charge is 1.95. The minimum atomic E-state index is 0.235. The van der Waals surface area contributed by atoms with Gasteiger partial charge in [0.25, 0.3) is 0 Å². The second-order valence-electron chi connectivity index (χ2n) is 1.57. The van der Waals surface area contributed by atoms with Gasteiger partial charge in [-0.2, -0.15) is 4.91 Å². The van der Waals surface area contributed by atoms with Crippen molar-refractivity contribution >= 4 is 11.6 Å². The number of nitroso groups, excluding NO2 is 1. The van der Waals surface area contributed by atoms with Crippen molar-refractivity contribution in [3.63, 3.8) is 0 Å². The molecule has 0 unspecified atom stereocenters. The van der Waals surface area contributed by atoms with Gasteiger partial charge in [-0.1, -0.05) is 12.1 Å². The van der Waals surface area contributed by atoms with Crippen LogP contribution >= 0.6 is 11.6 Å². The molecule has 0 heterocycles. The maximum atomic E-state index is 9.47. The van der Waals surface area contributed by atoms with E-state index < -0.39 is 0 Å². The molecule has 0 bridgehead atoms. The van der Waals surface area contributed by atoms with Gasteiger partial charge in [-0.05, 0) is 5.92 Å². The average molecular weight is 122 g/mol. The first-order valence-electron chi connectivity index (χ1n) is 2.16. The topological polar surface area (TPSA) is 29.4 Å². The van der Waals surface area contributed by atoms with Crippen LogP contribution < -0.4 is 0 Å². The predicted octanol–water partition coefficient (Wildman–Crippen LogP) is 1.63. The van der Waals surface area contributed by atoms with Gasteiger partial charge >= 0.3 is 0 Å². The van der Waals surface area contributed by atoms with Crippen molar-refractivity contribution in [3.8, 4) is 0 Å². The van der Waals surface area contributed by atoms with E-state index in [9.17, 15) is 4.91 Å². The van der Waals surface area contributed by atoms with Gasteiger partial charge in [-0.25, -0.2) is 0 Å². The van der Waals surface area contributed by atoms with Crippen molar-refractivity contribution in [2.75, 3.05) is 12.4 Å². The predicted molar refractivity (Wildman–Crippen MR) is 30.5 cm³/mol. The minimum Gasteiger partial charge on any atom is -0.151 e. The van der Waals surface area contributed by atoms with Gasteiger partial charge in [0.05, 0.1) is 6.54 Å². The Kier molecular flexibility index (Phi) is 4.00. The zero-order valence-corrected chi connectivity index (χ0v) is 4.98. The second kappa shape index (κ2) is 4.06. The maximum absolute atomic E-state index is 9.47. The Morgan fingerprint density at radius 1 is 1.86 bits per heavy atom. The van der Waals surface area contributed by atoms with Gasteiger partial charge in [0.15, 0.2) is 0 Å². The lowest BCUT2D eigenvalue weighted by atomic mass is 10.2. The van der Waals surface area contributed by atoms with E-state index in [1.54, 1.807) is 0 Å². The van der Waals surface area contributed by atoms with E-state index in [0.29, 0.717) is 12.4 Å². The summed E-state index contributed by atoms with van der Waals surface area (Å²) in [5.74, 6) is 0.755. The molecule has 0 saturated carbocycles. The zero-order valence-electron chi connectivity index (χ0n) is 4.22. The zero-order chi connectivity index (χ0) is 5.70. The quantitative estimate of drug-likeness (QED) is 0.412. The molecule has 0 fully saturated rings. The molecule has 42 valence electrons. The monoisotopic (exact) mass is 121 g/mol. The fraction of sp³-hybridized carbons (Fsp3) is 1.00. The largest absolute Gasteiger partial charge is 0.151 e. The summed E-state index contributed by atoms with van der Waals surface area (Å²) in [7, 11) is 0. The van der Waals surface area contributed by atoms with E-state index in [2.05, 4.69) is 5.18 Å². The van der Waals surface area contributed by atoms with Crippen molar-refractivity contribution in [2.24, 2.45) is 11.1 Å². The second-order valence-corrected chi connectivity index (χ2v) is 1.88. The molecule has 0 saturated heterocycles. The van der Waals surface area contributed by atoms with Crippen molar-refractivity contribution in [2.45, 2.75) is 6.92 Å². The molecule has 0 aliphatic heterocycles. The van der Waals surface area contributed by atoms with Gasteiger partial charge in [0.2, 0.25) is 0 Å². The highest BCUT2D eigenvalue weighted by Crippen LogP contribution is 1.96. The lowest BCUT2D eigenvalue weighted by Gasteiger charge is -1.95. The fourth-order valence-corrected chi connectivity index (χ4v) is 0.274. The Labute approximate surface area is 47.8 Å². The maximum Gasteiger partial charge on any atom is 0.0848 e. The molecule has 0 rings (SSSR count). The van der Waals surface area contributed by atoms with Crippen LogP contribution in [0.15, 0.2) is 5.18 Å². The van der Waals surface area contributed by atoms with Crippen LogP contribution in [0.4, 0.5) is 0 Å². The number of halogens is 1. The summed E-state index contributed by atoms with van der Waals surface area (Å²) in [6.45, 7) is 2.22. The SMILES string of the molecule is C[C@H](CCl)CN=O. The van der Waals surface area contributed by atoms with Gasteiger partial charge in [-0.3, -0.25) is 0 Å². The average Bonchev–Trinajstić information content (AvgIpc) is 1.68. The molecule has 2 nitrogen and oxygen atoms in total. The Bertz CT molecular complexity index is 57.7. The van der Waals surface area contributed by atoms with Crippen molar-refractivity contribution in [1.29, 1.82) is 0 Å². The van der Waals surface area contributed by atoms with Crippen LogP contribution in [0.3, 0.4) is 0 Å². The van der Waals surface area contributed by atoms with E-state index in [1.807, 2.05) is 6.92 Å². The number of rotatable bonds is 3. The van der Waals surface area contributed by atoms with Crippen LogP contribution in [0.1, 0.15) is 6.92 Å². The van der Waals surface area contributed by atoms with E-state index in [4.69, 9.17) is 11.6 Å². The number of hydrogen-bond donors (Lipinski definition) is 0. The number of alkyl halides is 1. The molecule has 0 amide bonds. The van der Waals surface area contributed by atoms with Gasteiger partial charge in [0, 0.05) is 5.88 Å². The lowest BCUT2D eigenvalue weighted by molar-refractivity contribution is 0.670. The molecular formula is C4H8ClNO. The molecule has 0 aliphatic carbocycles. The number of nitrogens with zero attached hydrogens (tertiary/aromatic N) is 1. The van der Waals surface area contributed by atoms with E-state index >= 15 is 0 Å². The molecule has 0 spiro atoms. The third kappa shape index (κ3) is 3.73. The molecule has 0 aromatic rings. The Morgan fingerprint density at radius 2 is 2.43 bits per heavy atom. The number of hydrogen-bond acceptors (Lipinski definition) is 2. The smallest absolute Gasteiger partial charge is 0.0848 e. The molecule has 0 aromatic heterocycles. The molecule has 1 atom stereocenters. The van der Waals surface area contributed by atoms with Crippen LogP contribution in [0.5, 0.6) is 0 Å². The van der Waals surface area contributed by atoms with Crippen molar-refractivity contribution in [3.05, 3.63) is 4.91 Å². The lowest BCUT2D eigenvalue weighted by Crippen LogP contribution is -1.98. The summed E-state index contributed by atoms with van der Waals surface area (Å²) in [5.41, 5.74) is 0. The van der Waals surface area contributed by atoms with Gasteiger partial charge in [0.1, 0.15) is 0 Å². The van der Waals surface area contributed by atoms with E-state index in [1.165, 1.54) is 0 Å². The van der Waals surface area contributed by atoms with E-state index in [0.717, 1.165) is 0 Å². The fourth-order valence-electron chi connectivity index (χ4n) is 0.176. The summed E-state index contributed by atoms with van der Waals surface area (Å²) >= 11 is 5.33. The molecule has 3 heteroatoms. The van der Waals surface area contributed by atoms with Crippen LogP contribution in [0.2, 0.25) is 0 Å². The first kappa shape index (κ1) is 6.89. The highest BCUT2D eigenvalue weighted by atomic mass is 35.5. The molecule has 0 aliphatic rings. The van der Waals surface area contributed by atoms with Gasteiger partial charge < -0.3 is 0 Å². The van der Waals surface area contributed by atoms with Crippen LogP contribution in [-0.4, -0.2) is 12.4 Å². The van der Waals surface area contributed by atoms with Crippen molar-refractivity contribution in [1.82, 2.24) is 0 Å². The van der Waals surface area contributed by atoms with E-state index in [-0.39, 0.29) is 5.92 Å². The van der Waals surface area contributed by atoms with Crippen LogP contribution in [-0.2, 0) is 0 Å². The summed E-state index contributed by atoms with van der Waals surface area (Å²) in [6.07, 6.45) is 0. The Morgan fingerprint density at radius 3 is 2.57 bits per heavy atom. The molecule has 7 heavy (non-hydrogen) atoms. The van der Waals surface area contributed by atoms with Gasteiger partial charge in [-0.15, -0.1) is 11.6 Å². The minimum absolute atomic E-state index is 0.235. The normalized spacial score (nSPS) is 13.4. The summed E-state index contributed by atoms with van der Waals surface area (Å²) < 4.78 is 0. The third-order valence-corrected chi connectivity index (χ3v) is 1.18.